The van der Waals surface area contributed by atoms with E-state index in [0.29, 0.717) is 12.2 Å². The largest absolute Gasteiger partial charge is 0.379 e. The molecule has 0 aromatic heterocycles. The molecular weight excluding hydrogens is 300 g/mol. The molecule has 0 radical (unpaired) electrons. The molecule has 5 nitrogen and oxygen atoms in total. The van der Waals surface area contributed by atoms with Crippen LogP contribution in [0.3, 0.4) is 0 Å². The van der Waals surface area contributed by atoms with Gasteiger partial charge in [0.1, 0.15) is 0 Å². The highest BCUT2D eigenvalue weighted by molar-refractivity contribution is 7.80. The van der Waals surface area contributed by atoms with Crippen molar-refractivity contribution in [3.05, 3.63) is 0 Å². The molecule has 0 bridgehead atoms. The molecule has 0 aromatic carbocycles. The second-order valence-corrected chi connectivity index (χ2v) is 7.10. The third kappa shape index (κ3) is 7.15. The molecule has 2 rings (SSSR count). The van der Waals surface area contributed by atoms with Crippen molar-refractivity contribution >= 4 is 12.6 Å². The Balaban J connectivity index is 1.49. The van der Waals surface area contributed by atoms with Gasteiger partial charge in [0.15, 0.2) is 0 Å². The minimum absolute atomic E-state index is 0.0346. The Hall–Kier alpha value is 0.150. The van der Waals surface area contributed by atoms with Crippen LogP contribution in [0.5, 0.6) is 0 Å². The molecule has 0 aromatic rings. The van der Waals surface area contributed by atoms with Gasteiger partial charge in [-0.1, -0.05) is 0 Å². The maximum absolute atomic E-state index is 5.94. The normalized spacial score (nSPS) is 27.1. The Bertz CT molecular complexity index is 301. The van der Waals surface area contributed by atoms with E-state index in [4.69, 9.17) is 14.2 Å². The van der Waals surface area contributed by atoms with Crippen LogP contribution in [0, 0.1) is 0 Å². The van der Waals surface area contributed by atoms with E-state index >= 15 is 0 Å². The van der Waals surface area contributed by atoms with E-state index in [1.54, 1.807) is 0 Å². The number of hydrogen-bond acceptors (Lipinski definition) is 6. The number of hydrogen-bond donors (Lipinski definition) is 1. The number of thiol groups is 1. The van der Waals surface area contributed by atoms with Gasteiger partial charge in [0.25, 0.3) is 0 Å². The van der Waals surface area contributed by atoms with Gasteiger partial charge in [-0.3, -0.25) is 4.90 Å². The Kier molecular flexibility index (Phi) is 8.49. The van der Waals surface area contributed by atoms with Crippen molar-refractivity contribution in [2.75, 3.05) is 59.1 Å². The zero-order valence-electron chi connectivity index (χ0n) is 14.1. The number of likely N-dealkylation sites (tertiary alicyclic amines) is 1. The number of ether oxygens (including phenoxy) is 3. The van der Waals surface area contributed by atoms with E-state index in [-0.39, 0.29) is 5.44 Å². The fourth-order valence-corrected chi connectivity index (χ4v) is 3.22. The van der Waals surface area contributed by atoms with E-state index in [0.717, 1.165) is 71.9 Å². The van der Waals surface area contributed by atoms with Crippen LogP contribution in [0.2, 0.25) is 0 Å². The molecule has 3 unspecified atom stereocenters. The summed E-state index contributed by atoms with van der Waals surface area (Å²) < 4.78 is 17.1. The molecule has 0 amide bonds. The van der Waals surface area contributed by atoms with Crippen molar-refractivity contribution in [3.63, 3.8) is 0 Å². The third-order valence-corrected chi connectivity index (χ3v) is 4.51. The standard InChI is InChI=1S/C16H32N2O3S/c1-14(20-12-9-17-7-10-19-11-8-17)3-5-18-6-4-16(13-18)21-15(2)22/h14-16,22H,3-13H2,1-2H3. The summed E-state index contributed by atoms with van der Waals surface area (Å²) in [5.41, 5.74) is 0.0346. The molecule has 2 heterocycles. The van der Waals surface area contributed by atoms with Crippen LogP contribution in [0.4, 0.5) is 0 Å². The van der Waals surface area contributed by atoms with Gasteiger partial charge in [-0.25, -0.2) is 0 Å². The first-order chi connectivity index (χ1) is 10.6. The summed E-state index contributed by atoms with van der Waals surface area (Å²) in [6.07, 6.45) is 2.89. The summed E-state index contributed by atoms with van der Waals surface area (Å²) in [7, 11) is 0. The van der Waals surface area contributed by atoms with Crippen LogP contribution in [0.15, 0.2) is 0 Å². The smallest absolute Gasteiger partial charge is 0.0975 e. The summed E-state index contributed by atoms with van der Waals surface area (Å²) in [6.45, 7) is 13.1. The Morgan fingerprint density at radius 3 is 2.64 bits per heavy atom. The van der Waals surface area contributed by atoms with Crippen LogP contribution in [0.25, 0.3) is 0 Å². The molecule has 2 saturated heterocycles. The predicted molar refractivity (Wildman–Crippen MR) is 91.7 cm³/mol. The van der Waals surface area contributed by atoms with Gasteiger partial charge in [0.05, 0.1) is 37.5 Å². The van der Waals surface area contributed by atoms with Crippen molar-refractivity contribution in [1.82, 2.24) is 9.80 Å². The lowest BCUT2D eigenvalue weighted by molar-refractivity contribution is 0.00193. The van der Waals surface area contributed by atoms with Crippen LogP contribution >= 0.6 is 12.6 Å². The van der Waals surface area contributed by atoms with Gasteiger partial charge in [0, 0.05) is 39.3 Å². The minimum atomic E-state index is 0.0346. The van der Waals surface area contributed by atoms with Crippen molar-refractivity contribution in [2.45, 2.75) is 44.3 Å². The molecule has 2 aliphatic heterocycles. The van der Waals surface area contributed by atoms with E-state index in [2.05, 4.69) is 29.4 Å². The molecule has 2 fully saturated rings. The van der Waals surface area contributed by atoms with Gasteiger partial charge >= 0.3 is 0 Å². The van der Waals surface area contributed by atoms with Crippen molar-refractivity contribution in [3.8, 4) is 0 Å². The van der Waals surface area contributed by atoms with Gasteiger partial charge in [-0.2, -0.15) is 0 Å². The zero-order valence-corrected chi connectivity index (χ0v) is 15.0. The summed E-state index contributed by atoms with van der Waals surface area (Å²) in [5, 5.41) is 0. The lowest BCUT2D eigenvalue weighted by Crippen LogP contribution is -2.38. The van der Waals surface area contributed by atoms with Gasteiger partial charge in [-0.05, 0) is 26.7 Å². The molecular formula is C16H32N2O3S. The van der Waals surface area contributed by atoms with E-state index in [1.165, 1.54) is 0 Å². The molecule has 22 heavy (non-hydrogen) atoms. The highest BCUT2D eigenvalue weighted by Crippen LogP contribution is 2.16. The first-order valence-corrected chi connectivity index (χ1v) is 9.12. The van der Waals surface area contributed by atoms with E-state index in [1.807, 2.05) is 6.92 Å². The maximum Gasteiger partial charge on any atom is 0.0975 e. The zero-order chi connectivity index (χ0) is 15.8. The second-order valence-electron chi connectivity index (χ2n) is 6.37. The number of morpholine rings is 1. The highest BCUT2D eigenvalue weighted by atomic mass is 32.1. The van der Waals surface area contributed by atoms with E-state index in [9.17, 15) is 0 Å². The van der Waals surface area contributed by atoms with Gasteiger partial charge in [0.2, 0.25) is 0 Å². The number of nitrogens with zero attached hydrogens (tertiary/aromatic N) is 2. The average molecular weight is 333 g/mol. The van der Waals surface area contributed by atoms with Crippen molar-refractivity contribution < 1.29 is 14.2 Å². The molecule has 2 aliphatic rings. The van der Waals surface area contributed by atoms with Crippen LogP contribution in [-0.2, 0) is 14.2 Å². The lowest BCUT2D eigenvalue weighted by Gasteiger charge is -2.27. The molecule has 3 atom stereocenters. The molecule has 130 valence electrons. The van der Waals surface area contributed by atoms with Crippen molar-refractivity contribution in [2.24, 2.45) is 0 Å². The van der Waals surface area contributed by atoms with Crippen LogP contribution < -0.4 is 0 Å². The van der Waals surface area contributed by atoms with E-state index < -0.39 is 0 Å². The SMILES string of the molecule is CC(S)OC1CCN(CCC(C)OCCN2CCOCC2)C1. The topological polar surface area (TPSA) is 34.2 Å². The summed E-state index contributed by atoms with van der Waals surface area (Å²) in [6, 6.07) is 0. The monoisotopic (exact) mass is 332 g/mol. The lowest BCUT2D eigenvalue weighted by atomic mass is 10.2. The van der Waals surface area contributed by atoms with Crippen molar-refractivity contribution in [1.29, 1.82) is 0 Å². The third-order valence-electron chi connectivity index (χ3n) is 4.38. The molecule has 0 aliphatic carbocycles. The summed E-state index contributed by atoms with van der Waals surface area (Å²) >= 11 is 4.30. The van der Waals surface area contributed by atoms with Crippen LogP contribution in [0.1, 0.15) is 26.7 Å². The molecule has 0 N–H and O–H groups in total. The number of rotatable bonds is 9. The first kappa shape index (κ1) is 18.5. The fraction of sp³-hybridized carbons (Fsp3) is 1.00. The average Bonchev–Trinajstić information content (AvgIpc) is 2.93. The highest BCUT2D eigenvalue weighted by Gasteiger charge is 2.24. The Morgan fingerprint density at radius 2 is 1.91 bits per heavy atom. The molecule has 6 heteroatoms. The Morgan fingerprint density at radius 1 is 1.14 bits per heavy atom. The van der Waals surface area contributed by atoms with Gasteiger partial charge < -0.3 is 19.1 Å². The Labute approximate surface area is 140 Å². The maximum atomic E-state index is 5.94. The summed E-state index contributed by atoms with van der Waals surface area (Å²) in [4.78, 5) is 4.89. The predicted octanol–water partition coefficient (Wildman–Crippen LogP) is 1.48. The van der Waals surface area contributed by atoms with Crippen LogP contribution in [-0.4, -0.2) is 86.5 Å². The van der Waals surface area contributed by atoms with Gasteiger partial charge in [-0.15, -0.1) is 12.6 Å². The molecule has 0 saturated carbocycles. The molecule has 0 spiro atoms. The quantitative estimate of drug-likeness (QED) is 0.511. The minimum Gasteiger partial charge on any atom is -0.379 e. The second kappa shape index (κ2) is 10.1. The fourth-order valence-electron chi connectivity index (χ4n) is 3.05. The summed E-state index contributed by atoms with van der Waals surface area (Å²) in [5.74, 6) is 0. The first-order valence-electron chi connectivity index (χ1n) is 8.61.